The van der Waals surface area contributed by atoms with Crippen LogP contribution in [0.5, 0.6) is 0 Å². The van der Waals surface area contributed by atoms with Crippen LogP contribution >= 0.6 is 0 Å². The normalized spacial score (nSPS) is 22.5. The largest absolute Gasteiger partial charge is 0.382 e. The molecule has 1 fully saturated rings. The minimum atomic E-state index is 0.791. The van der Waals surface area contributed by atoms with Gasteiger partial charge in [0.15, 0.2) is 0 Å². The lowest BCUT2D eigenvalue weighted by molar-refractivity contribution is 0.142. The molecule has 0 aliphatic carbocycles. The molecular weight excluding hydrogens is 200 g/mol. The maximum absolute atomic E-state index is 5.30. The predicted molar refractivity (Wildman–Crippen MR) is 68.9 cm³/mol. The molecular formula is C13H28N2O. The van der Waals surface area contributed by atoms with Crippen LogP contribution in [0.25, 0.3) is 0 Å². The van der Waals surface area contributed by atoms with Gasteiger partial charge in [0, 0.05) is 32.3 Å². The van der Waals surface area contributed by atoms with Crippen LogP contribution in [0.1, 0.15) is 39.5 Å². The third kappa shape index (κ3) is 5.83. The zero-order chi connectivity index (χ0) is 11.6. The molecule has 0 radical (unpaired) electrons. The molecule has 96 valence electrons. The van der Waals surface area contributed by atoms with Crippen molar-refractivity contribution in [1.82, 2.24) is 10.2 Å². The molecule has 3 heteroatoms. The molecule has 0 aromatic rings. The zero-order valence-corrected chi connectivity index (χ0v) is 11.0. The summed E-state index contributed by atoms with van der Waals surface area (Å²) in [5, 5.41) is 3.49. The Morgan fingerprint density at radius 2 is 2.19 bits per heavy atom. The average Bonchev–Trinajstić information content (AvgIpc) is 2.30. The van der Waals surface area contributed by atoms with Crippen molar-refractivity contribution >= 4 is 0 Å². The first-order chi connectivity index (χ1) is 7.84. The number of nitrogens with one attached hydrogen (secondary N) is 1. The van der Waals surface area contributed by atoms with E-state index >= 15 is 0 Å². The van der Waals surface area contributed by atoms with Gasteiger partial charge in [0.25, 0.3) is 0 Å². The molecule has 1 aliphatic rings. The molecule has 0 aromatic carbocycles. The summed E-state index contributed by atoms with van der Waals surface area (Å²) in [4.78, 5) is 2.61. The third-order valence-electron chi connectivity index (χ3n) is 3.36. The van der Waals surface area contributed by atoms with Crippen LogP contribution in [-0.2, 0) is 4.74 Å². The number of nitrogens with zero attached hydrogens (tertiary/aromatic N) is 1. The van der Waals surface area contributed by atoms with Crippen molar-refractivity contribution in [2.75, 3.05) is 39.4 Å². The van der Waals surface area contributed by atoms with Gasteiger partial charge in [-0.15, -0.1) is 0 Å². The average molecular weight is 228 g/mol. The first-order valence-corrected chi connectivity index (χ1v) is 6.87. The Bertz CT molecular complexity index is 164. The number of rotatable bonds is 8. The summed E-state index contributed by atoms with van der Waals surface area (Å²) in [5.41, 5.74) is 0. The van der Waals surface area contributed by atoms with Crippen LogP contribution in [0.3, 0.4) is 0 Å². The van der Waals surface area contributed by atoms with Gasteiger partial charge in [-0.05, 0) is 46.2 Å². The number of hydrogen-bond donors (Lipinski definition) is 1. The highest BCUT2D eigenvalue weighted by molar-refractivity contribution is 4.73. The fourth-order valence-corrected chi connectivity index (χ4v) is 2.28. The Kier molecular flexibility index (Phi) is 7.81. The van der Waals surface area contributed by atoms with Crippen LogP contribution in [0, 0.1) is 0 Å². The summed E-state index contributed by atoms with van der Waals surface area (Å²) in [7, 11) is 0. The number of ether oxygens (including phenoxy) is 1. The lowest BCUT2D eigenvalue weighted by Gasteiger charge is -2.33. The molecule has 0 bridgehead atoms. The van der Waals surface area contributed by atoms with Gasteiger partial charge in [-0.1, -0.05) is 6.42 Å². The molecule has 1 rings (SSSR count). The van der Waals surface area contributed by atoms with Crippen molar-refractivity contribution < 1.29 is 4.74 Å². The second-order valence-corrected chi connectivity index (χ2v) is 4.68. The Hall–Kier alpha value is -0.120. The van der Waals surface area contributed by atoms with E-state index in [1.807, 2.05) is 6.92 Å². The Labute approximate surface area is 101 Å². The van der Waals surface area contributed by atoms with E-state index in [2.05, 4.69) is 17.1 Å². The van der Waals surface area contributed by atoms with Crippen LogP contribution < -0.4 is 5.32 Å². The van der Waals surface area contributed by atoms with Crippen LogP contribution in [0.2, 0.25) is 0 Å². The molecule has 3 nitrogen and oxygen atoms in total. The molecule has 1 saturated heterocycles. The second-order valence-electron chi connectivity index (χ2n) is 4.68. The highest BCUT2D eigenvalue weighted by Gasteiger charge is 2.16. The topological polar surface area (TPSA) is 24.5 Å². The molecule has 1 aliphatic heterocycles. The molecule has 0 aromatic heterocycles. The van der Waals surface area contributed by atoms with Gasteiger partial charge in [-0.25, -0.2) is 0 Å². The molecule has 1 heterocycles. The molecule has 16 heavy (non-hydrogen) atoms. The van der Waals surface area contributed by atoms with Crippen LogP contribution in [0.4, 0.5) is 0 Å². The predicted octanol–water partition coefficient (Wildman–Crippen LogP) is 1.88. The fraction of sp³-hybridized carbons (Fsp3) is 1.00. The number of hydrogen-bond acceptors (Lipinski definition) is 3. The van der Waals surface area contributed by atoms with E-state index in [9.17, 15) is 0 Å². The fourth-order valence-electron chi connectivity index (χ4n) is 2.28. The van der Waals surface area contributed by atoms with Crippen molar-refractivity contribution in [1.29, 1.82) is 0 Å². The van der Waals surface area contributed by atoms with E-state index in [0.717, 1.165) is 38.8 Å². The van der Waals surface area contributed by atoms with Gasteiger partial charge in [0.1, 0.15) is 0 Å². The third-order valence-corrected chi connectivity index (χ3v) is 3.36. The number of piperidine rings is 1. The van der Waals surface area contributed by atoms with Gasteiger partial charge in [0.05, 0.1) is 0 Å². The minimum absolute atomic E-state index is 0.791. The molecule has 1 unspecified atom stereocenters. The van der Waals surface area contributed by atoms with Gasteiger partial charge in [-0.3, -0.25) is 4.90 Å². The van der Waals surface area contributed by atoms with Crippen molar-refractivity contribution in [3.63, 3.8) is 0 Å². The first kappa shape index (κ1) is 13.9. The molecule has 0 spiro atoms. The SMILES string of the molecule is CCOCCCNCCN1CCCCC1C. The van der Waals surface area contributed by atoms with Gasteiger partial charge < -0.3 is 10.1 Å². The van der Waals surface area contributed by atoms with Crippen molar-refractivity contribution in [2.45, 2.75) is 45.6 Å². The van der Waals surface area contributed by atoms with Crippen LogP contribution in [0.15, 0.2) is 0 Å². The van der Waals surface area contributed by atoms with E-state index in [-0.39, 0.29) is 0 Å². The Morgan fingerprint density at radius 1 is 1.31 bits per heavy atom. The summed E-state index contributed by atoms with van der Waals surface area (Å²) < 4.78 is 5.30. The summed E-state index contributed by atoms with van der Waals surface area (Å²) in [6.45, 7) is 10.8. The lowest BCUT2D eigenvalue weighted by atomic mass is 10.0. The maximum atomic E-state index is 5.30. The van der Waals surface area contributed by atoms with Crippen molar-refractivity contribution in [2.24, 2.45) is 0 Å². The summed E-state index contributed by atoms with van der Waals surface area (Å²) in [5.74, 6) is 0. The van der Waals surface area contributed by atoms with E-state index in [4.69, 9.17) is 4.74 Å². The molecule has 1 atom stereocenters. The van der Waals surface area contributed by atoms with E-state index in [0.29, 0.717) is 0 Å². The van der Waals surface area contributed by atoms with Crippen LogP contribution in [-0.4, -0.2) is 50.3 Å². The summed E-state index contributed by atoms with van der Waals surface area (Å²) in [6.07, 6.45) is 5.31. The van der Waals surface area contributed by atoms with Gasteiger partial charge >= 0.3 is 0 Å². The minimum Gasteiger partial charge on any atom is -0.382 e. The standard InChI is InChI=1S/C13H28N2O/c1-3-16-12-6-8-14-9-11-15-10-5-4-7-13(15)2/h13-14H,3-12H2,1-2H3. The summed E-state index contributed by atoms with van der Waals surface area (Å²) in [6, 6.07) is 0.791. The molecule has 0 saturated carbocycles. The maximum Gasteiger partial charge on any atom is 0.0477 e. The monoisotopic (exact) mass is 228 g/mol. The quantitative estimate of drug-likeness (QED) is 0.642. The first-order valence-electron chi connectivity index (χ1n) is 6.87. The highest BCUT2D eigenvalue weighted by Crippen LogP contribution is 2.15. The number of likely N-dealkylation sites (tertiary alicyclic amines) is 1. The highest BCUT2D eigenvalue weighted by atomic mass is 16.5. The van der Waals surface area contributed by atoms with Crippen molar-refractivity contribution in [3.8, 4) is 0 Å². The van der Waals surface area contributed by atoms with E-state index < -0.39 is 0 Å². The molecule has 1 N–H and O–H groups in total. The van der Waals surface area contributed by atoms with Gasteiger partial charge in [-0.2, -0.15) is 0 Å². The van der Waals surface area contributed by atoms with Crippen molar-refractivity contribution in [3.05, 3.63) is 0 Å². The van der Waals surface area contributed by atoms with E-state index in [1.54, 1.807) is 0 Å². The Balaban J connectivity index is 1.90. The Morgan fingerprint density at radius 3 is 2.94 bits per heavy atom. The molecule has 0 amide bonds. The lowest BCUT2D eigenvalue weighted by Crippen LogP contribution is -2.41. The second kappa shape index (κ2) is 8.97. The van der Waals surface area contributed by atoms with E-state index in [1.165, 1.54) is 32.4 Å². The van der Waals surface area contributed by atoms with Gasteiger partial charge in [0.2, 0.25) is 0 Å². The smallest absolute Gasteiger partial charge is 0.0477 e. The summed E-state index contributed by atoms with van der Waals surface area (Å²) >= 11 is 0. The zero-order valence-electron chi connectivity index (χ0n) is 11.0.